The van der Waals surface area contributed by atoms with E-state index < -0.39 is 0 Å². The fourth-order valence-electron chi connectivity index (χ4n) is 1.23. The quantitative estimate of drug-likeness (QED) is 0.639. The second-order valence-electron chi connectivity index (χ2n) is 3.55. The Hall–Kier alpha value is -0.220. The van der Waals surface area contributed by atoms with E-state index in [9.17, 15) is 0 Å². The third-order valence-electron chi connectivity index (χ3n) is 1.87. The maximum absolute atomic E-state index is 6.16. The minimum Gasteiger partial charge on any atom is -0.304 e. The van der Waals surface area contributed by atoms with E-state index in [4.69, 9.17) is 17.5 Å². The van der Waals surface area contributed by atoms with Crippen LogP contribution in [0.4, 0.5) is 0 Å². The molecular formula is C11H16ClNOS. The van der Waals surface area contributed by atoms with Gasteiger partial charge in [-0.05, 0) is 24.1 Å². The number of benzene rings is 1. The lowest BCUT2D eigenvalue weighted by Gasteiger charge is -2.08. The average Bonchev–Trinajstić information content (AvgIpc) is 2.18. The van der Waals surface area contributed by atoms with Crippen LogP contribution in [0.3, 0.4) is 0 Å². The first-order chi connectivity index (χ1) is 7.13. The van der Waals surface area contributed by atoms with Crippen molar-refractivity contribution >= 4 is 23.4 Å². The number of thioether (sulfide) groups is 1. The molecule has 1 aromatic rings. The third-order valence-corrected chi connectivity index (χ3v) is 3.37. The van der Waals surface area contributed by atoms with E-state index in [1.807, 2.05) is 6.07 Å². The van der Waals surface area contributed by atoms with Crippen molar-refractivity contribution in [1.82, 2.24) is 0 Å². The molecule has 0 heterocycles. The average molecular weight is 246 g/mol. The fraction of sp³-hybridized carbons (Fsp3) is 0.455. The maximum Gasteiger partial charge on any atom is 0.0719 e. The van der Waals surface area contributed by atoms with Gasteiger partial charge in [-0.15, -0.1) is 11.8 Å². The van der Waals surface area contributed by atoms with Crippen LogP contribution in [-0.4, -0.2) is 11.9 Å². The Kier molecular flexibility index (Phi) is 5.47. The Morgan fingerprint density at radius 2 is 2.20 bits per heavy atom. The van der Waals surface area contributed by atoms with E-state index in [0.717, 1.165) is 21.9 Å². The summed E-state index contributed by atoms with van der Waals surface area (Å²) >= 11 is 7.93. The zero-order valence-corrected chi connectivity index (χ0v) is 10.6. The summed E-state index contributed by atoms with van der Waals surface area (Å²) in [5, 5.41) is 1.35. The summed E-state index contributed by atoms with van der Waals surface area (Å²) < 4.78 is 0. The fourth-order valence-corrected chi connectivity index (χ4v) is 2.39. The molecule has 0 fully saturated rings. The monoisotopic (exact) mass is 245 g/mol. The molecular weight excluding hydrogens is 230 g/mol. The van der Waals surface area contributed by atoms with Gasteiger partial charge in [0.05, 0.1) is 11.6 Å². The van der Waals surface area contributed by atoms with Crippen LogP contribution in [0.1, 0.15) is 19.4 Å². The van der Waals surface area contributed by atoms with Crippen LogP contribution in [-0.2, 0) is 11.3 Å². The molecule has 4 heteroatoms. The number of nitrogens with two attached hydrogens (primary N) is 1. The lowest BCUT2D eigenvalue weighted by atomic mass is 10.2. The summed E-state index contributed by atoms with van der Waals surface area (Å²) in [6, 6.07) is 6.10. The van der Waals surface area contributed by atoms with E-state index in [2.05, 4.69) is 30.8 Å². The topological polar surface area (TPSA) is 35.2 Å². The van der Waals surface area contributed by atoms with Crippen LogP contribution >= 0.6 is 23.4 Å². The van der Waals surface area contributed by atoms with Gasteiger partial charge in [-0.25, -0.2) is 5.90 Å². The standard InChI is InChI=1S/C11H16ClNOS/c1-8(2)15-11-4-3-9(5-6-14-13)7-10(11)12/h3-4,7-8H,5-6,13H2,1-2H3. The smallest absolute Gasteiger partial charge is 0.0719 e. The molecule has 2 nitrogen and oxygen atoms in total. The van der Waals surface area contributed by atoms with E-state index >= 15 is 0 Å². The van der Waals surface area contributed by atoms with Gasteiger partial charge in [0.15, 0.2) is 0 Å². The van der Waals surface area contributed by atoms with Crippen molar-refractivity contribution in [1.29, 1.82) is 0 Å². The molecule has 0 spiro atoms. The second kappa shape index (κ2) is 6.38. The molecule has 0 amide bonds. The van der Waals surface area contributed by atoms with E-state index in [1.165, 1.54) is 0 Å². The van der Waals surface area contributed by atoms with Crippen molar-refractivity contribution in [2.45, 2.75) is 30.4 Å². The highest BCUT2D eigenvalue weighted by Gasteiger charge is 2.04. The Balaban J connectivity index is 2.70. The number of hydrogen-bond donors (Lipinski definition) is 1. The predicted molar refractivity (Wildman–Crippen MR) is 66.3 cm³/mol. The minimum absolute atomic E-state index is 0.521. The Morgan fingerprint density at radius 3 is 2.73 bits per heavy atom. The van der Waals surface area contributed by atoms with E-state index in [-0.39, 0.29) is 0 Å². The molecule has 0 saturated carbocycles. The summed E-state index contributed by atoms with van der Waals surface area (Å²) in [5.74, 6) is 4.97. The Labute approximate surface area is 100 Å². The van der Waals surface area contributed by atoms with Crippen LogP contribution in [0.2, 0.25) is 5.02 Å². The molecule has 0 bridgehead atoms. The van der Waals surface area contributed by atoms with Crippen molar-refractivity contribution in [3.8, 4) is 0 Å². The third kappa shape index (κ3) is 4.43. The van der Waals surface area contributed by atoms with Gasteiger partial charge in [0.1, 0.15) is 0 Å². The first-order valence-electron chi connectivity index (χ1n) is 4.90. The predicted octanol–water partition coefficient (Wildman–Crippen LogP) is 3.27. The van der Waals surface area contributed by atoms with Crippen molar-refractivity contribution in [2.24, 2.45) is 5.90 Å². The summed E-state index contributed by atoms with van der Waals surface area (Å²) in [5.41, 5.74) is 1.15. The van der Waals surface area contributed by atoms with Gasteiger partial charge in [-0.1, -0.05) is 31.5 Å². The summed E-state index contributed by atoms with van der Waals surface area (Å²) in [4.78, 5) is 5.66. The van der Waals surface area contributed by atoms with Gasteiger partial charge in [0.2, 0.25) is 0 Å². The summed E-state index contributed by atoms with van der Waals surface area (Å²) in [7, 11) is 0. The van der Waals surface area contributed by atoms with Crippen molar-refractivity contribution in [3.05, 3.63) is 28.8 Å². The highest BCUT2D eigenvalue weighted by Crippen LogP contribution is 2.30. The van der Waals surface area contributed by atoms with Gasteiger partial charge in [0.25, 0.3) is 0 Å². The van der Waals surface area contributed by atoms with Crippen LogP contribution in [0.15, 0.2) is 23.1 Å². The molecule has 2 N–H and O–H groups in total. The van der Waals surface area contributed by atoms with Gasteiger partial charge in [0, 0.05) is 10.1 Å². The van der Waals surface area contributed by atoms with Gasteiger partial charge in [-0.2, -0.15) is 0 Å². The van der Waals surface area contributed by atoms with Crippen LogP contribution in [0.5, 0.6) is 0 Å². The zero-order chi connectivity index (χ0) is 11.3. The van der Waals surface area contributed by atoms with Crippen molar-refractivity contribution in [3.63, 3.8) is 0 Å². The molecule has 1 aromatic carbocycles. The number of hydrogen-bond acceptors (Lipinski definition) is 3. The minimum atomic E-state index is 0.521. The first-order valence-corrected chi connectivity index (χ1v) is 6.16. The molecule has 0 unspecified atom stereocenters. The molecule has 0 aliphatic carbocycles. The lowest BCUT2D eigenvalue weighted by molar-refractivity contribution is 0.141. The summed E-state index contributed by atoms with van der Waals surface area (Å²) in [6.07, 6.45) is 0.794. The molecule has 84 valence electrons. The Morgan fingerprint density at radius 1 is 1.47 bits per heavy atom. The first kappa shape index (κ1) is 12.8. The number of rotatable bonds is 5. The second-order valence-corrected chi connectivity index (χ2v) is 5.58. The van der Waals surface area contributed by atoms with Crippen molar-refractivity contribution in [2.75, 3.05) is 6.61 Å². The molecule has 0 aromatic heterocycles. The number of halogens is 1. The van der Waals surface area contributed by atoms with Crippen LogP contribution in [0.25, 0.3) is 0 Å². The van der Waals surface area contributed by atoms with Crippen LogP contribution in [0, 0.1) is 0 Å². The highest BCUT2D eigenvalue weighted by molar-refractivity contribution is 8.00. The lowest BCUT2D eigenvalue weighted by Crippen LogP contribution is -2.03. The van der Waals surface area contributed by atoms with Crippen molar-refractivity contribution < 1.29 is 4.84 Å². The molecule has 0 aliphatic rings. The molecule has 0 radical (unpaired) electrons. The molecule has 1 rings (SSSR count). The van der Waals surface area contributed by atoms with Gasteiger partial charge in [-0.3, -0.25) is 0 Å². The van der Waals surface area contributed by atoms with E-state index in [1.54, 1.807) is 11.8 Å². The zero-order valence-electron chi connectivity index (χ0n) is 9.00. The molecule has 0 aliphatic heterocycles. The molecule has 0 atom stereocenters. The normalized spacial score (nSPS) is 11.0. The molecule has 0 saturated heterocycles. The summed E-state index contributed by atoms with van der Waals surface area (Å²) in [6.45, 7) is 4.82. The maximum atomic E-state index is 6.16. The highest BCUT2D eigenvalue weighted by atomic mass is 35.5. The van der Waals surface area contributed by atoms with Crippen LogP contribution < -0.4 is 5.90 Å². The largest absolute Gasteiger partial charge is 0.304 e. The van der Waals surface area contributed by atoms with E-state index in [0.29, 0.717) is 11.9 Å². The van der Waals surface area contributed by atoms with Gasteiger partial charge >= 0.3 is 0 Å². The molecule has 15 heavy (non-hydrogen) atoms. The van der Waals surface area contributed by atoms with Gasteiger partial charge < -0.3 is 4.84 Å². The SMILES string of the molecule is CC(C)Sc1ccc(CCON)cc1Cl. The Bertz CT molecular complexity index is 317.